The lowest BCUT2D eigenvalue weighted by Crippen LogP contribution is -2.74. The molecule has 0 aromatic carbocycles. The van der Waals surface area contributed by atoms with Crippen molar-refractivity contribution >= 4 is 11.8 Å². The Labute approximate surface area is 172 Å². The van der Waals surface area contributed by atoms with Gasteiger partial charge in [-0.15, -0.1) is 0 Å². The van der Waals surface area contributed by atoms with Crippen molar-refractivity contribution in [3.63, 3.8) is 0 Å². The highest BCUT2D eigenvalue weighted by atomic mass is 16.5. The molecule has 160 valence electrons. The molecular weight excluding hydrogens is 372 g/mol. The first kappa shape index (κ1) is 19.7. The van der Waals surface area contributed by atoms with Crippen LogP contribution < -0.4 is 0 Å². The fourth-order valence-corrected chi connectivity index (χ4v) is 8.47. The Bertz CT molecular complexity index is 763. The van der Waals surface area contributed by atoms with E-state index >= 15 is 0 Å². The molecule has 0 radical (unpaired) electrons. The third kappa shape index (κ3) is 2.18. The average molecular weight is 405 g/mol. The summed E-state index contributed by atoms with van der Waals surface area (Å²) in [5, 5.41) is 11.5. The second-order valence-electron chi connectivity index (χ2n) is 10.4. The molecule has 0 amide bonds. The van der Waals surface area contributed by atoms with E-state index in [0.717, 1.165) is 25.7 Å². The van der Waals surface area contributed by atoms with Gasteiger partial charge < -0.3 is 19.3 Å². The minimum absolute atomic E-state index is 0.0100. The van der Waals surface area contributed by atoms with Gasteiger partial charge in [0.05, 0.1) is 30.8 Å². The highest BCUT2D eigenvalue weighted by Gasteiger charge is 2.78. The number of ether oxygens (including phenoxy) is 3. The number of rotatable bonds is 2. The Hall–Kier alpha value is -1.24. The highest BCUT2D eigenvalue weighted by molar-refractivity contribution is 6.04. The number of carbonyl (C=O) groups is 2. The summed E-state index contributed by atoms with van der Waals surface area (Å²) < 4.78 is 18.0. The van der Waals surface area contributed by atoms with Crippen molar-refractivity contribution in [1.82, 2.24) is 0 Å². The molecule has 1 heterocycles. The van der Waals surface area contributed by atoms with Gasteiger partial charge in [-0.25, -0.2) is 0 Å². The fourth-order valence-electron chi connectivity index (χ4n) is 8.47. The van der Waals surface area contributed by atoms with Crippen molar-refractivity contribution in [3.8, 4) is 0 Å². The normalized spacial score (nSPS) is 53.2. The zero-order valence-electron chi connectivity index (χ0n) is 17.6. The molecule has 1 aliphatic heterocycles. The van der Waals surface area contributed by atoms with Gasteiger partial charge in [-0.1, -0.05) is 19.9 Å². The summed E-state index contributed by atoms with van der Waals surface area (Å²) >= 11 is 0. The number of aliphatic hydroxyl groups is 1. The lowest BCUT2D eigenvalue weighted by Gasteiger charge is -2.69. The molecule has 4 saturated carbocycles. The number of hydrogen-bond donors (Lipinski definition) is 1. The number of hydrogen-bond acceptors (Lipinski definition) is 6. The topological polar surface area (TPSA) is 82.1 Å². The summed E-state index contributed by atoms with van der Waals surface area (Å²) in [5.74, 6) is -0.829. The number of carbonyl (C=O) groups excluding carboxylic acids is 2. The summed E-state index contributed by atoms with van der Waals surface area (Å²) in [6.07, 6.45) is 2.53. The van der Waals surface area contributed by atoms with E-state index in [1.807, 2.05) is 0 Å². The number of esters is 1. The van der Waals surface area contributed by atoms with E-state index in [4.69, 9.17) is 14.2 Å². The van der Waals surface area contributed by atoms with Gasteiger partial charge in [0.15, 0.2) is 5.78 Å². The number of fused-ring (bicyclic) bond motifs is 1. The second-order valence-corrected chi connectivity index (χ2v) is 10.4. The summed E-state index contributed by atoms with van der Waals surface area (Å²) in [7, 11) is 1.64. The first-order chi connectivity index (χ1) is 13.7. The van der Waals surface area contributed by atoms with Crippen LogP contribution in [0.2, 0.25) is 0 Å². The van der Waals surface area contributed by atoms with E-state index < -0.39 is 23.7 Å². The van der Waals surface area contributed by atoms with Crippen LogP contribution in [0.15, 0.2) is 12.2 Å². The number of aliphatic hydroxyl groups excluding tert-OH is 1. The summed E-state index contributed by atoms with van der Waals surface area (Å²) in [4.78, 5) is 25.8. The predicted molar refractivity (Wildman–Crippen MR) is 104 cm³/mol. The lowest BCUT2D eigenvalue weighted by atomic mass is 9.38. The lowest BCUT2D eigenvalue weighted by molar-refractivity contribution is -0.298. The molecule has 1 saturated heterocycles. The van der Waals surface area contributed by atoms with Crippen molar-refractivity contribution in [3.05, 3.63) is 12.2 Å². The van der Waals surface area contributed by atoms with Gasteiger partial charge in [0, 0.05) is 31.3 Å². The minimum Gasteiger partial charge on any atom is -0.462 e. The van der Waals surface area contributed by atoms with Crippen LogP contribution in [-0.2, 0) is 23.8 Å². The zero-order valence-corrected chi connectivity index (χ0v) is 17.6. The molecule has 9 atom stereocenters. The molecule has 4 bridgehead atoms. The maximum Gasteiger partial charge on any atom is 0.302 e. The highest BCUT2D eigenvalue weighted by Crippen LogP contribution is 2.73. The third-order valence-corrected chi connectivity index (χ3v) is 9.31. The molecule has 6 heteroatoms. The van der Waals surface area contributed by atoms with E-state index in [2.05, 4.69) is 13.5 Å². The van der Waals surface area contributed by atoms with Crippen LogP contribution in [-0.4, -0.2) is 55.5 Å². The van der Waals surface area contributed by atoms with Crippen LogP contribution in [0, 0.1) is 34.0 Å². The summed E-state index contributed by atoms with van der Waals surface area (Å²) in [6.45, 7) is 9.02. The summed E-state index contributed by atoms with van der Waals surface area (Å²) in [5.41, 5.74) is -0.933. The van der Waals surface area contributed by atoms with Gasteiger partial charge in [0.25, 0.3) is 0 Å². The zero-order chi connectivity index (χ0) is 20.8. The molecular formula is C23H32O6. The Kier molecular flexibility index (Phi) is 4.18. The van der Waals surface area contributed by atoms with E-state index in [1.165, 1.54) is 6.92 Å². The third-order valence-electron chi connectivity index (χ3n) is 9.31. The molecule has 0 aromatic rings. The summed E-state index contributed by atoms with van der Waals surface area (Å²) in [6, 6.07) is 0. The quantitative estimate of drug-likeness (QED) is 0.562. The maximum absolute atomic E-state index is 13.7. The Morgan fingerprint density at radius 3 is 2.72 bits per heavy atom. The van der Waals surface area contributed by atoms with Gasteiger partial charge in [-0.05, 0) is 42.6 Å². The van der Waals surface area contributed by atoms with Crippen molar-refractivity contribution < 1.29 is 28.9 Å². The Balaban J connectivity index is 1.75. The predicted octanol–water partition coefficient (Wildman–Crippen LogP) is 2.28. The molecule has 1 N–H and O–H groups in total. The fraction of sp³-hybridized carbons (Fsp3) is 0.826. The van der Waals surface area contributed by atoms with Gasteiger partial charge in [-0.3, -0.25) is 9.59 Å². The number of methoxy groups -OCH3 is 1. The van der Waals surface area contributed by atoms with Gasteiger partial charge in [-0.2, -0.15) is 0 Å². The van der Waals surface area contributed by atoms with E-state index in [1.54, 1.807) is 7.11 Å². The largest absolute Gasteiger partial charge is 0.462 e. The molecule has 0 unspecified atom stereocenters. The van der Waals surface area contributed by atoms with Gasteiger partial charge in [0.1, 0.15) is 6.10 Å². The molecule has 4 aliphatic carbocycles. The smallest absolute Gasteiger partial charge is 0.302 e. The van der Waals surface area contributed by atoms with Crippen LogP contribution in [0.3, 0.4) is 0 Å². The number of Topliss-reactive ketones (excluding diaryl/α,β-unsaturated/α-hetero) is 1. The first-order valence-electron chi connectivity index (χ1n) is 10.9. The van der Waals surface area contributed by atoms with E-state index in [9.17, 15) is 14.7 Å². The standard InChI is InChI=1S/C23H32O6/c1-12-14-8-15(29-13(2)24)18-22-7-5-6-21(3,10-28-11-22)16(22)9-17(27-4)23(18,19(12)25)20(14)26/h14-18,20,26H,1,5-11H2,2-4H3/t14-,15-,16+,17-,18-,20+,21-,22-,23-/m0/s1. The molecule has 5 aliphatic rings. The number of ketones is 1. The first-order valence-corrected chi connectivity index (χ1v) is 10.9. The molecule has 1 spiro atoms. The second kappa shape index (κ2) is 6.14. The van der Waals surface area contributed by atoms with Crippen molar-refractivity contribution in [2.75, 3.05) is 20.3 Å². The van der Waals surface area contributed by atoms with Crippen molar-refractivity contribution in [2.24, 2.45) is 34.0 Å². The van der Waals surface area contributed by atoms with E-state index in [-0.39, 0.29) is 34.4 Å². The van der Waals surface area contributed by atoms with Gasteiger partial charge in [0.2, 0.25) is 0 Å². The van der Waals surface area contributed by atoms with Crippen molar-refractivity contribution in [1.29, 1.82) is 0 Å². The molecule has 29 heavy (non-hydrogen) atoms. The Morgan fingerprint density at radius 2 is 2.03 bits per heavy atom. The molecule has 5 fully saturated rings. The maximum atomic E-state index is 13.7. The van der Waals surface area contributed by atoms with Crippen LogP contribution >= 0.6 is 0 Å². The van der Waals surface area contributed by atoms with Crippen LogP contribution in [0.5, 0.6) is 0 Å². The van der Waals surface area contributed by atoms with Crippen LogP contribution in [0.4, 0.5) is 0 Å². The minimum atomic E-state index is -1.11. The molecule has 5 rings (SSSR count). The monoisotopic (exact) mass is 404 g/mol. The van der Waals surface area contributed by atoms with Crippen LogP contribution in [0.25, 0.3) is 0 Å². The SMILES string of the molecule is C=C1C(=O)[C@]23[C@@H](OC)C[C@@H]4[C@@]5(C)CCC[C@@]4(COC5)[C@@H]2[C@@H](OC(C)=O)C[C@@H]1[C@H]3O. The Morgan fingerprint density at radius 1 is 1.28 bits per heavy atom. The molecule has 0 aromatic heterocycles. The average Bonchev–Trinajstić information content (AvgIpc) is 2.77. The van der Waals surface area contributed by atoms with Crippen LogP contribution in [0.1, 0.15) is 46.0 Å². The van der Waals surface area contributed by atoms with Gasteiger partial charge >= 0.3 is 5.97 Å². The molecule has 6 nitrogen and oxygen atoms in total. The van der Waals surface area contributed by atoms with E-state index in [0.29, 0.717) is 31.1 Å². The van der Waals surface area contributed by atoms with Crippen molar-refractivity contribution in [2.45, 2.75) is 64.3 Å².